The summed E-state index contributed by atoms with van der Waals surface area (Å²) in [7, 11) is 1.82. The van der Waals surface area contributed by atoms with Crippen LogP contribution in [0.15, 0.2) is 47.6 Å². The zero-order valence-electron chi connectivity index (χ0n) is 16.8. The number of nitrogens with zero attached hydrogens (tertiary/aromatic N) is 3. The molecule has 6 nitrogen and oxygen atoms in total. The molecule has 2 aromatic carbocycles. The van der Waals surface area contributed by atoms with Crippen molar-refractivity contribution in [3.8, 4) is 5.75 Å². The Bertz CT molecular complexity index is 1000. The Morgan fingerprint density at radius 1 is 1.17 bits per heavy atom. The maximum atomic E-state index is 13.0. The van der Waals surface area contributed by atoms with Crippen molar-refractivity contribution in [2.45, 2.75) is 32.0 Å². The molecule has 8 heteroatoms. The second kappa shape index (κ2) is 9.09. The van der Waals surface area contributed by atoms with Crippen molar-refractivity contribution >= 4 is 23.4 Å². The van der Waals surface area contributed by atoms with Crippen LogP contribution in [0.4, 0.5) is 10.1 Å². The number of nitrogens with one attached hydrogen (secondary N) is 1. The van der Waals surface area contributed by atoms with Gasteiger partial charge in [0.1, 0.15) is 11.6 Å². The van der Waals surface area contributed by atoms with Gasteiger partial charge in [0.15, 0.2) is 17.1 Å². The van der Waals surface area contributed by atoms with E-state index < -0.39 is 0 Å². The van der Waals surface area contributed by atoms with Crippen LogP contribution in [0.3, 0.4) is 0 Å². The van der Waals surface area contributed by atoms with Gasteiger partial charge in [0, 0.05) is 12.7 Å². The number of carbonyl (C=O) groups is 1. The summed E-state index contributed by atoms with van der Waals surface area (Å²) in [4.78, 5) is 12.3. The number of hydrogen-bond acceptors (Lipinski definition) is 5. The van der Waals surface area contributed by atoms with E-state index in [4.69, 9.17) is 4.74 Å². The van der Waals surface area contributed by atoms with Gasteiger partial charge in [-0.2, -0.15) is 0 Å². The molecule has 1 aromatic heterocycles. The summed E-state index contributed by atoms with van der Waals surface area (Å²) in [5.74, 6) is 0.946. The minimum Gasteiger partial charge on any atom is -0.483 e. The predicted octanol–water partition coefficient (Wildman–Crippen LogP) is 4.44. The molecule has 29 heavy (non-hydrogen) atoms. The fraction of sp³-hybridized carbons (Fsp3) is 0.286. The summed E-state index contributed by atoms with van der Waals surface area (Å²) in [6, 6.07) is 11.6. The van der Waals surface area contributed by atoms with Gasteiger partial charge in [-0.25, -0.2) is 4.39 Å². The number of benzene rings is 2. The van der Waals surface area contributed by atoms with Crippen molar-refractivity contribution in [3.63, 3.8) is 0 Å². The van der Waals surface area contributed by atoms with E-state index in [9.17, 15) is 9.18 Å². The molecule has 3 aromatic rings. The first-order chi connectivity index (χ1) is 13.8. The van der Waals surface area contributed by atoms with Gasteiger partial charge in [-0.15, -0.1) is 10.2 Å². The van der Waals surface area contributed by atoms with Gasteiger partial charge in [0.25, 0.3) is 0 Å². The van der Waals surface area contributed by atoms with Crippen molar-refractivity contribution in [2.75, 3.05) is 11.1 Å². The SMILES string of the molecule is Cc1ccc(NC(=O)CSc2nnc(C(C)Oc3ccc(F)cc3)n2C)cc1C. The van der Waals surface area contributed by atoms with E-state index >= 15 is 0 Å². The van der Waals surface area contributed by atoms with E-state index in [2.05, 4.69) is 15.5 Å². The van der Waals surface area contributed by atoms with Gasteiger partial charge in [-0.05, 0) is 68.3 Å². The second-order valence-electron chi connectivity index (χ2n) is 6.75. The lowest BCUT2D eigenvalue weighted by atomic mass is 10.1. The number of ether oxygens (including phenoxy) is 1. The van der Waals surface area contributed by atoms with Gasteiger partial charge in [-0.1, -0.05) is 17.8 Å². The Hall–Kier alpha value is -2.87. The van der Waals surface area contributed by atoms with Crippen molar-refractivity contribution < 1.29 is 13.9 Å². The zero-order valence-corrected chi connectivity index (χ0v) is 17.6. The van der Waals surface area contributed by atoms with Crippen LogP contribution in [0.1, 0.15) is 30.0 Å². The van der Waals surface area contributed by atoms with Crippen molar-refractivity contribution in [1.29, 1.82) is 0 Å². The molecule has 1 atom stereocenters. The molecule has 0 aliphatic carbocycles. The molecule has 0 radical (unpaired) electrons. The summed E-state index contributed by atoms with van der Waals surface area (Å²) in [5, 5.41) is 11.8. The van der Waals surface area contributed by atoms with Crippen molar-refractivity contribution in [1.82, 2.24) is 14.8 Å². The first-order valence-electron chi connectivity index (χ1n) is 9.15. The smallest absolute Gasteiger partial charge is 0.234 e. The van der Waals surface area contributed by atoms with E-state index in [-0.39, 0.29) is 23.6 Å². The van der Waals surface area contributed by atoms with Crippen LogP contribution in [0.5, 0.6) is 5.75 Å². The molecule has 1 amide bonds. The molecule has 3 rings (SSSR count). The molecule has 0 spiro atoms. The molecular formula is C21H23FN4O2S. The first kappa shape index (κ1) is 20.9. The largest absolute Gasteiger partial charge is 0.483 e. The van der Waals surface area contributed by atoms with Crippen LogP contribution in [0.25, 0.3) is 0 Å². The summed E-state index contributed by atoms with van der Waals surface area (Å²) in [5.41, 5.74) is 3.09. The van der Waals surface area contributed by atoms with Crippen LogP contribution in [-0.2, 0) is 11.8 Å². The molecular weight excluding hydrogens is 391 g/mol. The van der Waals surface area contributed by atoms with E-state index in [1.54, 1.807) is 16.7 Å². The average Bonchev–Trinajstić information content (AvgIpc) is 3.05. The molecule has 0 bridgehead atoms. The fourth-order valence-electron chi connectivity index (χ4n) is 2.72. The predicted molar refractivity (Wildman–Crippen MR) is 112 cm³/mol. The third-order valence-electron chi connectivity index (χ3n) is 4.48. The molecule has 1 N–H and O–H groups in total. The van der Waals surface area contributed by atoms with Gasteiger partial charge < -0.3 is 14.6 Å². The number of rotatable bonds is 7. The minimum absolute atomic E-state index is 0.113. The topological polar surface area (TPSA) is 69.0 Å². The number of hydrogen-bond donors (Lipinski definition) is 1. The van der Waals surface area contributed by atoms with E-state index in [0.717, 1.165) is 11.3 Å². The highest BCUT2D eigenvalue weighted by atomic mass is 32.2. The lowest BCUT2D eigenvalue weighted by Gasteiger charge is -2.14. The second-order valence-corrected chi connectivity index (χ2v) is 7.69. The Labute approximate surface area is 173 Å². The van der Waals surface area contributed by atoms with E-state index in [1.165, 1.54) is 29.5 Å². The van der Waals surface area contributed by atoms with Crippen LogP contribution in [-0.4, -0.2) is 26.4 Å². The van der Waals surface area contributed by atoms with Crippen LogP contribution < -0.4 is 10.1 Å². The quantitative estimate of drug-likeness (QED) is 0.579. The summed E-state index contributed by atoms with van der Waals surface area (Å²) in [6.07, 6.45) is -0.378. The summed E-state index contributed by atoms with van der Waals surface area (Å²) in [6.45, 7) is 5.88. The highest BCUT2D eigenvalue weighted by molar-refractivity contribution is 7.99. The number of carbonyl (C=O) groups excluding carboxylic acids is 1. The third kappa shape index (κ3) is 5.35. The van der Waals surface area contributed by atoms with Gasteiger partial charge in [-0.3, -0.25) is 4.79 Å². The number of aryl methyl sites for hydroxylation is 2. The van der Waals surface area contributed by atoms with E-state index in [0.29, 0.717) is 16.7 Å². The van der Waals surface area contributed by atoms with Gasteiger partial charge in [0.2, 0.25) is 5.91 Å². The number of anilines is 1. The number of amides is 1. The Kier molecular flexibility index (Phi) is 6.53. The highest BCUT2D eigenvalue weighted by Gasteiger charge is 2.18. The summed E-state index contributed by atoms with van der Waals surface area (Å²) >= 11 is 1.30. The molecule has 1 heterocycles. The Morgan fingerprint density at radius 2 is 1.90 bits per heavy atom. The maximum Gasteiger partial charge on any atom is 0.234 e. The molecule has 0 saturated carbocycles. The van der Waals surface area contributed by atoms with Crippen LogP contribution >= 0.6 is 11.8 Å². The van der Waals surface area contributed by atoms with Gasteiger partial charge >= 0.3 is 0 Å². The molecule has 152 valence electrons. The molecule has 0 fully saturated rings. The zero-order chi connectivity index (χ0) is 21.0. The van der Waals surface area contributed by atoms with Crippen molar-refractivity contribution in [3.05, 3.63) is 65.2 Å². The van der Waals surface area contributed by atoms with Crippen LogP contribution in [0, 0.1) is 19.7 Å². The van der Waals surface area contributed by atoms with E-state index in [1.807, 2.05) is 46.0 Å². The number of aromatic nitrogens is 3. The number of thioether (sulfide) groups is 1. The highest BCUT2D eigenvalue weighted by Crippen LogP contribution is 2.24. The fourth-order valence-corrected chi connectivity index (χ4v) is 3.44. The lowest BCUT2D eigenvalue weighted by Crippen LogP contribution is -2.15. The standard InChI is InChI=1S/C21H23FN4O2S/c1-13-5-8-17(11-14(13)2)23-19(27)12-29-21-25-24-20(26(21)4)15(3)28-18-9-6-16(22)7-10-18/h5-11,15H,12H2,1-4H3,(H,23,27). The average molecular weight is 415 g/mol. The molecule has 0 saturated heterocycles. The third-order valence-corrected chi connectivity index (χ3v) is 5.50. The maximum absolute atomic E-state index is 13.0. The molecule has 1 unspecified atom stereocenters. The molecule has 0 aliphatic heterocycles. The Balaban J connectivity index is 1.57. The number of halogens is 1. The van der Waals surface area contributed by atoms with Gasteiger partial charge in [0.05, 0.1) is 5.75 Å². The minimum atomic E-state index is -0.378. The monoisotopic (exact) mass is 414 g/mol. The Morgan fingerprint density at radius 3 is 2.59 bits per heavy atom. The molecule has 0 aliphatic rings. The lowest BCUT2D eigenvalue weighted by molar-refractivity contribution is -0.113. The summed E-state index contributed by atoms with van der Waals surface area (Å²) < 4.78 is 20.6. The first-order valence-corrected chi connectivity index (χ1v) is 10.1. The van der Waals surface area contributed by atoms with Crippen molar-refractivity contribution in [2.24, 2.45) is 7.05 Å². The normalized spacial score (nSPS) is 11.9. The van der Waals surface area contributed by atoms with Crippen LogP contribution in [0.2, 0.25) is 0 Å².